The summed E-state index contributed by atoms with van der Waals surface area (Å²) in [4.78, 5) is 6.58. The molecule has 6 aromatic rings. The Morgan fingerprint density at radius 2 is 0.638 bits per heavy atom. The van der Waals surface area contributed by atoms with E-state index >= 15 is 0 Å². The highest BCUT2D eigenvalue weighted by atomic mass is 32.1. The first kappa shape index (κ1) is 44.8. The van der Waals surface area contributed by atoms with E-state index in [1.165, 1.54) is 170 Å². The smallest absolute Gasteiger partial charge is 0.126 e. The van der Waals surface area contributed by atoms with Crippen molar-refractivity contribution in [1.82, 2.24) is 0 Å². The lowest BCUT2D eigenvalue weighted by Gasteiger charge is -2.06. The molecule has 0 radical (unpaired) electrons. The second kappa shape index (κ2) is 23.3. The van der Waals surface area contributed by atoms with Crippen molar-refractivity contribution in [3.05, 3.63) is 95.1 Å². The standard InChI is InChI=1S/C50H60F4S4/c1-3-5-7-9-11-13-15-17-19-21-23-41-47(45-27-25-43(55-45)35-29-37(51)33-38(52)30-35)57-50-42(24-22-20-18-16-14-12-10-8-6-4-2)48(58-49(41)50)46-28-26-44(56-46)36-31-39(53)34-40(54)32-36/h25-34H,3-24H2,1-2H3. The Hall–Kier alpha value is -2.78. The summed E-state index contributed by atoms with van der Waals surface area (Å²) in [7, 11) is 0. The van der Waals surface area contributed by atoms with Crippen LogP contribution in [0, 0.1) is 23.3 Å². The van der Waals surface area contributed by atoms with Gasteiger partial charge in [0, 0.05) is 50.8 Å². The van der Waals surface area contributed by atoms with Gasteiger partial charge >= 0.3 is 0 Å². The summed E-state index contributed by atoms with van der Waals surface area (Å²) in [5.74, 6) is -2.25. The zero-order valence-corrected chi connectivity index (χ0v) is 37.7. The lowest BCUT2D eigenvalue weighted by molar-refractivity contribution is 0.556. The molecular formula is C50H60F4S4. The molecule has 0 N–H and O–H groups in total. The van der Waals surface area contributed by atoms with Gasteiger partial charge in [0.2, 0.25) is 0 Å². The molecule has 8 heteroatoms. The normalized spacial score (nSPS) is 11.8. The summed E-state index contributed by atoms with van der Waals surface area (Å²) in [6.45, 7) is 4.53. The van der Waals surface area contributed by atoms with E-state index < -0.39 is 23.3 Å². The molecular weight excluding hydrogens is 805 g/mol. The molecule has 4 heterocycles. The summed E-state index contributed by atoms with van der Waals surface area (Å²) < 4.78 is 59.8. The molecule has 0 amide bonds. The van der Waals surface area contributed by atoms with Gasteiger partial charge in [-0.3, -0.25) is 0 Å². The van der Waals surface area contributed by atoms with Crippen LogP contribution in [-0.4, -0.2) is 0 Å². The number of aryl methyl sites for hydroxylation is 2. The van der Waals surface area contributed by atoms with Crippen LogP contribution in [0.25, 0.3) is 49.8 Å². The summed E-state index contributed by atoms with van der Waals surface area (Å²) in [5, 5.41) is 0. The van der Waals surface area contributed by atoms with Gasteiger partial charge in [-0.25, -0.2) is 17.6 Å². The van der Waals surface area contributed by atoms with E-state index in [2.05, 4.69) is 26.0 Å². The van der Waals surface area contributed by atoms with Crippen molar-refractivity contribution in [2.24, 2.45) is 0 Å². The van der Waals surface area contributed by atoms with Gasteiger partial charge in [-0.15, -0.1) is 45.3 Å². The zero-order chi connectivity index (χ0) is 40.7. The fourth-order valence-electron chi connectivity index (χ4n) is 8.08. The van der Waals surface area contributed by atoms with Crippen LogP contribution in [0.4, 0.5) is 17.6 Å². The van der Waals surface area contributed by atoms with Gasteiger partial charge in [0.1, 0.15) is 23.3 Å². The molecule has 0 atom stereocenters. The lowest BCUT2D eigenvalue weighted by Crippen LogP contribution is -1.87. The van der Waals surface area contributed by atoms with E-state index in [1.54, 1.807) is 22.7 Å². The molecule has 2 aromatic carbocycles. The number of rotatable bonds is 26. The zero-order valence-electron chi connectivity index (χ0n) is 34.5. The van der Waals surface area contributed by atoms with Gasteiger partial charge in [-0.1, -0.05) is 129 Å². The number of unbranched alkanes of at least 4 members (excludes halogenated alkanes) is 18. The monoisotopic (exact) mass is 864 g/mol. The predicted octanol–water partition coefficient (Wildman–Crippen LogP) is 19.2. The highest BCUT2D eigenvalue weighted by molar-refractivity contribution is 7.34. The number of fused-ring (bicyclic) bond motifs is 1. The van der Waals surface area contributed by atoms with Crippen molar-refractivity contribution in [2.75, 3.05) is 0 Å². The second-order valence-electron chi connectivity index (χ2n) is 16.0. The first-order valence-electron chi connectivity index (χ1n) is 22.0. The van der Waals surface area contributed by atoms with Gasteiger partial charge in [0.05, 0.1) is 0 Å². The number of hydrogen-bond acceptors (Lipinski definition) is 4. The summed E-state index contributed by atoms with van der Waals surface area (Å²) in [6, 6.07) is 15.8. The van der Waals surface area contributed by atoms with E-state index in [1.807, 2.05) is 34.8 Å². The van der Waals surface area contributed by atoms with Gasteiger partial charge in [-0.05, 0) is 96.5 Å². The Balaban J connectivity index is 1.28. The topological polar surface area (TPSA) is 0 Å². The Labute approximate surface area is 360 Å². The first-order chi connectivity index (χ1) is 28.3. The molecule has 0 aliphatic heterocycles. The third-order valence-corrected chi connectivity index (χ3v) is 16.6. The molecule has 4 aromatic heterocycles. The number of benzene rings is 2. The minimum Gasteiger partial charge on any atom is -0.207 e. The largest absolute Gasteiger partial charge is 0.207 e. The van der Waals surface area contributed by atoms with Crippen molar-refractivity contribution in [3.8, 4) is 40.4 Å². The average molecular weight is 865 g/mol. The van der Waals surface area contributed by atoms with Crippen LogP contribution in [-0.2, 0) is 12.8 Å². The van der Waals surface area contributed by atoms with Crippen molar-refractivity contribution in [1.29, 1.82) is 0 Å². The molecule has 0 saturated carbocycles. The minimum absolute atomic E-state index is 0.563. The maximum atomic E-state index is 14.3. The Kier molecular flexibility index (Phi) is 18.0. The van der Waals surface area contributed by atoms with Crippen molar-refractivity contribution >= 4 is 54.7 Å². The van der Waals surface area contributed by atoms with Crippen LogP contribution >= 0.6 is 45.3 Å². The Morgan fingerprint density at radius 1 is 0.345 bits per heavy atom. The third kappa shape index (κ3) is 12.6. The highest BCUT2D eigenvalue weighted by Crippen LogP contribution is 2.52. The molecule has 0 fully saturated rings. The molecule has 0 aliphatic carbocycles. The van der Waals surface area contributed by atoms with Gasteiger partial charge in [0.25, 0.3) is 0 Å². The minimum atomic E-state index is -0.563. The quantitative estimate of drug-likeness (QED) is 0.0376. The SMILES string of the molecule is CCCCCCCCCCCCc1c(-c2ccc(-c3cc(F)cc(F)c3)s2)sc2c(CCCCCCCCCCCC)c(-c3ccc(-c4cc(F)cc(F)c4)s3)sc12. The molecule has 0 saturated heterocycles. The van der Waals surface area contributed by atoms with Gasteiger partial charge in [-0.2, -0.15) is 0 Å². The molecule has 58 heavy (non-hydrogen) atoms. The van der Waals surface area contributed by atoms with Crippen LogP contribution in [0.3, 0.4) is 0 Å². The first-order valence-corrected chi connectivity index (χ1v) is 25.3. The van der Waals surface area contributed by atoms with E-state index in [0.717, 1.165) is 57.3 Å². The fourth-order valence-corrected chi connectivity index (χ4v) is 13.4. The molecule has 0 spiro atoms. The molecule has 0 unspecified atom stereocenters. The molecule has 0 bridgehead atoms. The van der Waals surface area contributed by atoms with Crippen LogP contribution in [0.2, 0.25) is 0 Å². The summed E-state index contributed by atoms with van der Waals surface area (Å²) in [5.41, 5.74) is 3.92. The number of hydrogen-bond donors (Lipinski definition) is 0. The van der Waals surface area contributed by atoms with Crippen LogP contribution in [0.15, 0.2) is 60.7 Å². The second-order valence-corrected chi connectivity index (χ2v) is 20.2. The lowest BCUT2D eigenvalue weighted by atomic mass is 10.0. The Bertz CT molecular complexity index is 1960. The number of halogens is 4. The van der Waals surface area contributed by atoms with Crippen molar-refractivity contribution in [3.63, 3.8) is 0 Å². The van der Waals surface area contributed by atoms with E-state index in [0.29, 0.717) is 11.1 Å². The average Bonchev–Trinajstić information content (AvgIpc) is 4.00. The number of thiophene rings is 4. The van der Waals surface area contributed by atoms with Crippen LogP contribution < -0.4 is 0 Å². The van der Waals surface area contributed by atoms with Crippen molar-refractivity contribution in [2.45, 2.75) is 155 Å². The third-order valence-electron chi connectivity index (χ3n) is 11.2. The molecule has 0 aliphatic rings. The van der Waals surface area contributed by atoms with Gasteiger partial charge < -0.3 is 0 Å². The molecule has 6 rings (SSSR count). The Morgan fingerprint density at radius 3 is 0.966 bits per heavy atom. The fraction of sp³-hybridized carbons (Fsp3) is 0.480. The maximum Gasteiger partial charge on any atom is 0.126 e. The van der Waals surface area contributed by atoms with E-state index in [9.17, 15) is 17.6 Å². The maximum absolute atomic E-state index is 14.3. The van der Waals surface area contributed by atoms with E-state index in [4.69, 9.17) is 0 Å². The summed E-state index contributed by atoms with van der Waals surface area (Å²) in [6.07, 6.45) is 27.7. The van der Waals surface area contributed by atoms with Gasteiger partial charge in [0.15, 0.2) is 0 Å². The van der Waals surface area contributed by atoms with Crippen LogP contribution in [0.5, 0.6) is 0 Å². The molecule has 312 valence electrons. The molecule has 0 nitrogen and oxygen atoms in total. The summed E-state index contributed by atoms with van der Waals surface area (Å²) >= 11 is 6.99. The van der Waals surface area contributed by atoms with Crippen LogP contribution in [0.1, 0.15) is 153 Å². The van der Waals surface area contributed by atoms with Crippen molar-refractivity contribution < 1.29 is 17.6 Å². The highest BCUT2D eigenvalue weighted by Gasteiger charge is 2.24. The van der Waals surface area contributed by atoms with E-state index in [-0.39, 0.29) is 0 Å². The predicted molar refractivity (Wildman–Crippen MR) is 248 cm³/mol.